The Balaban J connectivity index is 2.05. The number of hydrogen-bond donors (Lipinski definition) is 2. The van der Waals surface area contributed by atoms with Crippen molar-refractivity contribution in [3.63, 3.8) is 0 Å². The van der Waals surface area contributed by atoms with Crippen molar-refractivity contribution in [1.82, 2.24) is 5.32 Å². The Morgan fingerprint density at radius 1 is 1.44 bits per heavy atom. The summed E-state index contributed by atoms with van der Waals surface area (Å²) in [6.45, 7) is 5.10. The minimum absolute atomic E-state index is 0.275. The van der Waals surface area contributed by atoms with Crippen LogP contribution in [0.5, 0.6) is 0 Å². The van der Waals surface area contributed by atoms with Gasteiger partial charge in [0.25, 0.3) is 0 Å². The van der Waals surface area contributed by atoms with E-state index in [-0.39, 0.29) is 6.04 Å². The third-order valence-corrected chi connectivity index (χ3v) is 4.82. The third kappa shape index (κ3) is 3.34. The van der Waals surface area contributed by atoms with Gasteiger partial charge >= 0.3 is 0 Å². The summed E-state index contributed by atoms with van der Waals surface area (Å²) in [4.78, 5) is 0. The summed E-state index contributed by atoms with van der Waals surface area (Å²) >= 11 is 3.60. The molecule has 0 aromatic heterocycles. The van der Waals surface area contributed by atoms with Gasteiger partial charge in [0.05, 0.1) is 0 Å². The van der Waals surface area contributed by atoms with Gasteiger partial charge in [0, 0.05) is 23.1 Å². The third-order valence-electron chi connectivity index (χ3n) is 3.97. The molecule has 1 aromatic carbocycles. The van der Waals surface area contributed by atoms with Gasteiger partial charge in [-0.3, -0.25) is 0 Å². The molecule has 0 amide bonds. The summed E-state index contributed by atoms with van der Waals surface area (Å²) in [5.41, 5.74) is 8.48. The second kappa shape index (κ2) is 6.18. The summed E-state index contributed by atoms with van der Waals surface area (Å²) in [5, 5.41) is 3.71. The lowest BCUT2D eigenvalue weighted by atomic mass is 10.0. The molecule has 1 aliphatic rings. The SMILES string of the molecule is Cc1ccc(C(CN)NC2CCC(C)C2)cc1Br. The molecule has 2 rings (SSSR count). The van der Waals surface area contributed by atoms with E-state index in [0.29, 0.717) is 12.6 Å². The van der Waals surface area contributed by atoms with Crippen molar-refractivity contribution in [1.29, 1.82) is 0 Å². The molecular formula is C15H23BrN2. The monoisotopic (exact) mass is 310 g/mol. The van der Waals surface area contributed by atoms with Gasteiger partial charge in [-0.1, -0.05) is 35.0 Å². The Bertz CT molecular complexity index is 405. The van der Waals surface area contributed by atoms with Gasteiger partial charge in [-0.05, 0) is 49.3 Å². The molecule has 0 saturated heterocycles. The summed E-state index contributed by atoms with van der Waals surface area (Å²) in [6.07, 6.45) is 3.90. The lowest BCUT2D eigenvalue weighted by Crippen LogP contribution is -2.35. The first-order chi connectivity index (χ1) is 8.60. The predicted molar refractivity (Wildman–Crippen MR) is 80.6 cm³/mol. The van der Waals surface area contributed by atoms with Crippen LogP contribution in [-0.4, -0.2) is 12.6 Å². The zero-order valence-corrected chi connectivity index (χ0v) is 12.8. The van der Waals surface area contributed by atoms with E-state index >= 15 is 0 Å². The number of rotatable bonds is 4. The highest BCUT2D eigenvalue weighted by atomic mass is 79.9. The van der Waals surface area contributed by atoms with Crippen molar-refractivity contribution in [3.05, 3.63) is 33.8 Å². The van der Waals surface area contributed by atoms with Crippen molar-refractivity contribution >= 4 is 15.9 Å². The molecule has 3 heteroatoms. The number of aryl methyl sites for hydroxylation is 1. The molecular weight excluding hydrogens is 288 g/mol. The van der Waals surface area contributed by atoms with Gasteiger partial charge in [-0.25, -0.2) is 0 Å². The molecule has 3 atom stereocenters. The fraction of sp³-hybridized carbons (Fsp3) is 0.600. The minimum Gasteiger partial charge on any atom is -0.329 e. The fourth-order valence-corrected chi connectivity index (χ4v) is 3.17. The first-order valence-electron chi connectivity index (χ1n) is 6.82. The summed E-state index contributed by atoms with van der Waals surface area (Å²) in [5.74, 6) is 0.852. The molecule has 0 heterocycles. The molecule has 0 radical (unpaired) electrons. The maximum Gasteiger partial charge on any atom is 0.0447 e. The van der Waals surface area contributed by atoms with Crippen LogP contribution in [0.15, 0.2) is 22.7 Å². The number of hydrogen-bond acceptors (Lipinski definition) is 2. The first-order valence-corrected chi connectivity index (χ1v) is 7.61. The van der Waals surface area contributed by atoms with Gasteiger partial charge in [-0.2, -0.15) is 0 Å². The lowest BCUT2D eigenvalue weighted by molar-refractivity contribution is 0.434. The van der Waals surface area contributed by atoms with Crippen LogP contribution in [0.25, 0.3) is 0 Å². The zero-order chi connectivity index (χ0) is 13.1. The second-order valence-corrected chi connectivity index (χ2v) is 6.43. The van der Waals surface area contributed by atoms with Crippen molar-refractivity contribution in [2.24, 2.45) is 11.7 Å². The molecule has 3 N–H and O–H groups in total. The summed E-state index contributed by atoms with van der Waals surface area (Å²) < 4.78 is 1.17. The maximum atomic E-state index is 5.93. The van der Waals surface area contributed by atoms with Crippen LogP contribution in [0.4, 0.5) is 0 Å². The van der Waals surface area contributed by atoms with E-state index in [4.69, 9.17) is 5.73 Å². The molecule has 1 saturated carbocycles. The standard InChI is InChI=1S/C15H23BrN2/c1-10-3-6-13(7-10)18-15(9-17)12-5-4-11(2)14(16)8-12/h4-5,8,10,13,15,18H,3,6-7,9,17H2,1-2H3. The fourth-order valence-electron chi connectivity index (χ4n) is 2.77. The van der Waals surface area contributed by atoms with Crippen LogP contribution < -0.4 is 11.1 Å². The predicted octanol–water partition coefficient (Wildman–Crippen LogP) is 3.54. The second-order valence-electron chi connectivity index (χ2n) is 5.58. The Kier molecular flexibility index (Phi) is 4.82. The van der Waals surface area contributed by atoms with Crippen molar-refractivity contribution in [3.8, 4) is 0 Å². The van der Waals surface area contributed by atoms with E-state index in [9.17, 15) is 0 Å². The molecule has 0 spiro atoms. The molecule has 1 aliphatic carbocycles. The van der Waals surface area contributed by atoms with Crippen LogP contribution in [-0.2, 0) is 0 Å². The first kappa shape index (κ1) is 14.0. The zero-order valence-electron chi connectivity index (χ0n) is 11.2. The summed E-state index contributed by atoms with van der Waals surface area (Å²) in [7, 11) is 0. The number of nitrogens with two attached hydrogens (primary N) is 1. The Labute approximate surface area is 118 Å². The van der Waals surface area contributed by atoms with E-state index in [2.05, 4.69) is 53.3 Å². The largest absolute Gasteiger partial charge is 0.329 e. The lowest BCUT2D eigenvalue weighted by Gasteiger charge is -2.22. The summed E-state index contributed by atoms with van der Waals surface area (Å²) in [6, 6.07) is 7.44. The van der Waals surface area contributed by atoms with Crippen LogP contribution in [0, 0.1) is 12.8 Å². The smallest absolute Gasteiger partial charge is 0.0447 e. The molecule has 0 bridgehead atoms. The normalized spacial score (nSPS) is 25.3. The van der Waals surface area contributed by atoms with E-state index in [0.717, 1.165) is 5.92 Å². The molecule has 3 unspecified atom stereocenters. The topological polar surface area (TPSA) is 38.0 Å². The highest BCUT2D eigenvalue weighted by molar-refractivity contribution is 9.10. The van der Waals surface area contributed by atoms with Gasteiger partial charge in [-0.15, -0.1) is 0 Å². The molecule has 18 heavy (non-hydrogen) atoms. The van der Waals surface area contributed by atoms with Crippen molar-refractivity contribution in [2.75, 3.05) is 6.54 Å². The Morgan fingerprint density at radius 3 is 2.78 bits per heavy atom. The van der Waals surface area contributed by atoms with Crippen molar-refractivity contribution < 1.29 is 0 Å². The van der Waals surface area contributed by atoms with Gasteiger partial charge < -0.3 is 11.1 Å². The van der Waals surface area contributed by atoms with Crippen LogP contribution in [0.3, 0.4) is 0 Å². The van der Waals surface area contributed by atoms with Crippen LogP contribution >= 0.6 is 15.9 Å². The van der Waals surface area contributed by atoms with Crippen LogP contribution in [0.1, 0.15) is 43.4 Å². The average molecular weight is 311 g/mol. The average Bonchev–Trinajstić information content (AvgIpc) is 2.75. The molecule has 2 nitrogen and oxygen atoms in total. The quantitative estimate of drug-likeness (QED) is 0.892. The molecule has 1 fully saturated rings. The number of halogens is 1. The van der Waals surface area contributed by atoms with E-state index in [1.165, 1.54) is 34.9 Å². The number of benzene rings is 1. The highest BCUT2D eigenvalue weighted by Gasteiger charge is 2.23. The van der Waals surface area contributed by atoms with Crippen molar-refractivity contribution in [2.45, 2.75) is 45.2 Å². The molecule has 100 valence electrons. The van der Waals surface area contributed by atoms with Gasteiger partial charge in [0.1, 0.15) is 0 Å². The number of nitrogens with one attached hydrogen (secondary N) is 1. The van der Waals surface area contributed by atoms with Gasteiger partial charge in [0.2, 0.25) is 0 Å². The highest BCUT2D eigenvalue weighted by Crippen LogP contribution is 2.28. The molecule has 1 aromatic rings. The Morgan fingerprint density at radius 2 is 2.22 bits per heavy atom. The van der Waals surface area contributed by atoms with Crippen LogP contribution in [0.2, 0.25) is 0 Å². The van der Waals surface area contributed by atoms with Gasteiger partial charge in [0.15, 0.2) is 0 Å². The minimum atomic E-state index is 0.275. The molecule has 0 aliphatic heterocycles. The maximum absolute atomic E-state index is 5.93. The van der Waals surface area contributed by atoms with E-state index < -0.39 is 0 Å². The van der Waals surface area contributed by atoms with E-state index in [1.54, 1.807) is 0 Å². The van der Waals surface area contributed by atoms with E-state index in [1.807, 2.05) is 0 Å². The Hall–Kier alpha value is -0.380.